The Hall–Kier alpha value is -1.53. The van der Waals surface area contributed by atoms with Crippen molar-refractivity contribution < 1.29 is 19.1 Å². The van der Waals surface area contributed by atoms with Crippen molar-refractivity contribution in [2.24, 2.45) is 5.73 Å². The number of hydrogen-bond donors (Lipinski definition) is 5. The summed E-state index contributed by atoms with van der Waals surface area (Å²) >= 11 is 1.35. The molecule has 1 rings (SSSR count). The SMILES string of the molecule is CC(=N)N(CCSC[C@](C)(N)C(=O)N(C)c1nn[nH]n1)CP(=O)(O)O. The van der Waals surface area contributed by atoms with Gasteiger partial charge in [0.25, 0.3) is 5.95 Å². The van der Waals surface area contributed by atoms with Crippen LogP contribution in [0.15, 0.2) is 0 Å². The van der Waals surface area contributed by atoms with Crippen molar-refractivity contribution in [3.8, 4) is 0 Å². The van der Waals surface area contributed by atoms with Crippen LogP contribution in [0.3, 0.4) is 0 Å². The summed E-state index contributed by atoms with van der Waals surface area (Å²) in [6, 6.07) is 0. The summed E-state index contributed by atoms with van der Waals surface area (Å²) in [6.45, 7) is 3.29. The normalized spacial score (nSPS) is 14.0. The van der Waals surface area contributed by atoms with Gasteiger partial charge in [0.2, 0.25) is 5.91 Å². The molecule has 142 valence electrons. The van der Waals surface area contributed by atoms with Crippen LogP contribution in [-0.4, -0.2) is 84.0 Å². The number of nitrogens with one attached hydrogen (secondary N) is 2. The number of nitrogens with two attached hydrogens (primary N) is 1. The van der Waals surface area contributed by atoms with Gasteiger partial charge >= 0.3 is 7.60 Å². The summed E-state index contributed by atoms with van der Waals surface area (Å²) in [4.78, 5) is 32.9. The Balaban J connectivity index is 2.51. The Bertz CT molecular complexity index is 634. The highest BCUT2D eigenvalue weighted by molar-refractivity contribution is 7.99. The lowest BCUT2D eigenvalue weighted by molar-refractivity contribution is -0.122. The monoisotopic (exact) mass is 394 g/mol. The van der Waals surface area contributed by atoms with Crippen LogP contribution in [0, 0.1) is 5.41 Å². The van der Waals surface area contributed by atoms with Crippen molar-refractivity contribution in [2.45, 2.75) is 19.4 Å². The third kappa shape index (κ3) is 7.08. The topological polar surface area (TPSA) is 185 Å². The largest absolute Gasteiger partial charge is 0.348 e. The highest BCUT2D eigenvalue weighted by Gasteiger charge is 2.33. The van der Waals surface area contributed by atoms with Gasteiger partial charge in [-0.15, -0.1) is 5.10 Å². The number of nitrogens with zero attached hydrogens (tertiary/aromatic N) is 5. The fraction of sp³-hybridized carbons (Fsp3) is 0.727. The van der Waals surface area contributed by atoms with Gasteiger partial charge < -0.3 is 20.4 Å². The Morgan fingerprint density at radius 1 is 1.52 bits per heavy atom. The number of amides is 1. The molecule has 12 nitrogen and oxygen atoms in total. The summed E-state index contributed by atoms with van der Waals surface area (Å²) in [5.74, 6) is 0.500. The van der Waals surface area contributed by atoms with Crippen LogP contribution in [0.25, 0.3) is 0 Å². The molecule has 0 aliphatic carbocycles. The first-order valence-corrected chi connectivity index (χ1v) is 10.1. The predicted octanol–water partition coefficient (Wildman–Crippen LogP) is -0.953. The van der Waals surface area contributed by atoms with Crippen molar-refractivity contribution in [1.29, 1.82) is 5.41 Å². The smallest absolute Gasteiger partial charge is 0.344 e. The van der Waals surface area contributed by atoms with Crippen LogP contribution >= 0.6 is 19.4 Å². The molecule has 0 saturated carbocycles. The Morgan fingerprint density at radius 3 is 2.64 bits per heavy atom. The van der Waals surface area contributed by atoms with E-state index in [4.69, 9.17) is 20.9 Å². The number of thioether (sulfide) groups is 1. The molecule has 1 aromatic rings. The Labute approximate surface area is 149 Å². The molecule has 0 radical (unpaired) electrons. The molecule has 14 heteroatoms. The molecule has 1 heterocycles. The summed E-state index contributed by atoms with van der Waals surface area (Å²) in [5.41, 5.74) is 4.88. The molecule has 0 spiro atoms. The highest BCUT2D eigenvalue weighted by Crippen LogP contribution is 2.35. The van der Waals surface area contributed by atoms with Crippen molar-refractivity contribution in [2.75, 3.05) is 36.3 Å². The molecule has 1 atom stereocenters. The molecule has 0 saturated heterocycles. The number of anilines is 1. The second-order valence-corrected chi connectivity index (χ2v) is 8.42. The van der Waals surface area contributed by atoms with Gasteiger partial charge in [-0.1, -0.05) is 5.10 Å². The predicted molar refractivity (Wildman–Crippen MR) is 94.5 cm³/mol. The lowest BCUT2D eigenvalue weighted by Gasteiger charge is -2.28. The van der Waals surface area contributed by atoms with E-state index < -0.39 is 25.3 Å². The van der Waals surface area contributed by atoms with Gasteiger partial charge in [0, 0.05) is 25.1 Å². The maximum atomic E-state index is 12.4. The molecule has 6 N–H and O–H groups in total. The van der Waals surface area contributed by atoms with E-state index in [9.17, 15) is 9.36 Å². The minimum atomic E-state index is -4.25. The van der Waals surface area contributed by atoms with Crippen LogP contribution in [0.4, 0.5) is 5.95 Å². The molecular weight excluding hydrogens is 371 g/mol. The third-order valence-electron chi connectivity index (χ3n) is 3.16. The van der Waals surface area contributed by atoms with E-state index >= 15 is 0 Å². The summed E-state index contributed by atoms with van der Waals surface area (Å²) < 4.78 is 11.1. The molecule has 0 unspecified atom stereocenters. The number of tetrazole rings is 1. The fourth-order valence-corrected chi connectivity index (χ4v) is 3.70. The zero-order valence-corrected chi connectivity index (χ0v) is 15.9. The van der Waals surface area contributed by atoms with E-state index in [-0.39, 0.29) is 24.1 Å². The van der Waals surface area contributed by atoms with Crippen LogP contribution in [0.2, 0.25) is 0 Å². The minimum absolute atomic E-state index is 0.0624. The quantitative estimate of drug-likeness (QED) is 0.151. The van der Waals surface area contributed by atoms with Gasteiger partial charge in [-0.2, -0.15) is 17.0 Å². The van der Waals surface area contributed by atoms with Crippen molar-refractivity contribution >= 4 is 37.0 Å². The van der Waals surface area contributed by atoms with Gasteiger partial charge in [0.15, 0.2) is 0 Å². The van der Waals surface area contributed by atoms with Crippen LogP contribution in [0.5, 0.6) is 0 Å². The van der Waals surface area contributed by atoms with Crippen molar-refractivity contribution in [3.05, 3.63) is 0 Å². The van der Waals surface area contributed by atoms with Gasteiger partial charge in [0.1, 0.15) is 11.8 Å². The van der Waals surface area contributed by atoms with E-state index in [2.05, 4.69) is 20.6 Å². The third-order valence-corrected chi connectivity index (χ3v) is 5.15. The molecule has 0 aromatic carbocycles. The number of hydrogen-bond acceptors (Lipinski definition) is 8. The summed E-state index contributed by atoms with van der Waals surface area (Å²) in [6.07, 6.45) is -0.512. The van der Waals surface area contributed by atoms with Crippen LogP contribution in [-0.2, 0) is 9.36 Å². The number of H-pyrrole nitrogens is 1. The van der Waals surface area contributed by atoms with Crippen molar-refractivity contribution in [3.63, 3.8) is 0 Å². The van der Waals surface area contributed by atoms with E-state index in [1.165, 1.54) is 35.5 Å². The average Bonchev–Trinajstić information content (AvgIpc) is 3.01. The number of rotatable bonds is 9. The molecule has 1 aromatic heterocycles. The minimum Gasteiger partial charge on any atom is -0.348 e. The number of aromatic nitrogens is 4. The van der Waals surface area contributed by atoms with E-state index in [1.54, 1.807) is 6.92 Å². The zero-order chi connectivity index (χ0) is 19.3. The van der Waals surface area contributed by atoms with E-state index in [0.717, 1.165) is 0 Å². The number of aromatic amines is 1. The van der Waals surface area contributed by atoms with Crippen molar-refractivity contribution in [1.82, 2.24) is 25.5 Å². The van der Waals surface area contributed by atoms with Crippen LogP contribution < -0.4 is 10.6 Å². The molecule has 0 aliphatic rings. The molecule has 1 amide bonds. The summed E-state index contributed by atoms with van der Waals surface area (Å²) in [5, 5.41) is 20.6. The van der Waals surface area contributed by atoms with Crippen LogP contribution in [0.1, 0.15) is 13.8 Å². The number of carbonyl (C=O) groups is 1. The Morgan fingerprint density at radius 2 is 2.16 bits per heavy atom. The number of carbonyl (C=O) groups excluding carboxylic acids is 1. The molecule has 25 heavy (non-hydrogen) atoms. The lowest BCUT2D eigenvalue weighted by atomic mass is 10.1. The molecule has 0 aliphatic heterocycles. The van der Waals surface area contributed by atoms with E-state index in [1.807, 2.05) is 0 Å². The highest BCUT2D eigenvalue weighted by atomic mass is 32.2. The van der Waals surface area contributed by atoms with Gasteiger partial charge in [0.05, 0.1) is 5.84 Å². The Kier molecular flexibility index (Phi) is 7.50. The van der Waals surface area contributed by atoms with E-state index in [0.29, 0.717) is 5.75 Å². The van der Waals surface area contributed by atoms with Gasteiger partial charge in [-0.25, -0.2) is 0 Å². The number of amidine groups is 1. The molecule has 0 bridgehead atoms. The molecule has 0 fully saturated rings. The first-order valence-electron chi connectivity index (χ1n) is 7.17. The second-order valence-electron chi connectivity index (χ2n) is 5.70. The fourth-order valence-electron chi connectivity index (χ4n) is 1.86. The molecular formula is C11H23N8O4PS. The zero-order valence-electron chi connectivity index (χ0n) is 14.2. The first kappa shape index (κ1) is 21.5. The maximum Gasteiger partial charge on any atom is 0.344 e. The standard InChI is InChI=1S/C11H23N8O4PS/c1-8(12)19(7-24(21,22)23)4-5-25-6-11(2,13)9(20)18(3)10-14-16-17-15-10/h12H,4-7,13H2,1-3H3,(H2,21,22,23)(H,14,15,16,17)/t11-/m0/s1. The second kappa shape index (κ2) is 8.72. The van der Waals surface area contributed by atoms with Gasteiger partial charge in [-0.05, 0) is 19.1 Å². The first-order chi connectivity index (χ1) is 11.4. The van der Waals surface area contributed by atoms with Gasteiger partial charge in [-0.3, -0.25) is 19.7 Å². The average molecular weight is 394 g/mol. The summed E-state index contributed by atoms with van der Waals surface area (Å²) in [7, 11) is -2.76. The number of likely N-dealkylation sites (N-methyl/N-ethyl adjacent to an activating group) is 1. The maximum absolute atomic E-state index is 12.4. The lowest BCUT2D eigenvalue weighted by Crippen LogP contribution is -2.54.